The van der Waals surface area contributed by atoms with Gasteiger partial charge >= 0.3 is 0 Å². The van der Waals surface area contributed by atoms with E-state index >= 15 is 0 Å². The Morgan fingerprint density at radius 3 is 2.19 bits per heavy atom. The van der Waals surface area contributed by atoms with Gasteiger partial charge in [0.05, 0.1) is 12.7 Å². The Kier molecular flexibility index (Phi) is 13.2. The van der Waals surface area contributed by atoms with Crippen molar-refractivity contribution in [2.75, 3.05) is 52.9 Å². The average Bonchev–Trinajstić information content (AvgIpc) is 2.77. The Morgan fingerprint density at radius 2 is 1.59 bits per heavy atom. The Balaban J connectivity index is 1.57. The van der Waals surface area contributed by atoms with Gasteiger partial charge in [0.25, 0.3) is 0 Å². The van der Waals surface area contributed by atoms with Crippen LogP contribution in [0, 0.1) is 11.8 Å². The Bertz CT molecular complexity index is 501. The molecule has 32 heavy (non-hydrogen) atoms. The van der Waals surface area contributed by atoms with Gasteiger partial charge < -0.3 is 14.5 Å². The lowest BCUT2D eigenvalue weighted by atomic mass is 9.86. The number of rotatable bonds is 16. The van der Waals surface area contributed by atoms with Crippen LogP contribution in [0.3, 0.4) is 0 Å². The van der Waals surface area contributed by atoms with Crippen LogP contribution in [0.15, 0.2) is 0 Å². The molecule has 1 heterocycles. The Labute approximate surface area is 199 Å². The molecule has 0 aromatic carbocycles. The van der Waals surface area contributed by atoms with Crippen molar-refractivity contribution >= 4 is 5.91 Å². The number of piperazine rings is 1. The molecule has 0 N–H and O–H groups in total. The molecule has 0 aromatic rings. The molecule has 0 aromatic heterocycles. The third-order valence-corrected chi connectivity index (χ3v) is 7.85. The fourth-order valence-corrected chi connectivity index (χ4v) is 5.45. The SMILES string of the molecule is CCCCC(CCC)CN1CCN(CCOC2CC(N(C)C(=O)C(CC)CCC)C2)CC1. The summed E-state index contributed by atoms with van der Waals surface area (Å²) in [6, 6.07) is 0.380. The Hall–Kier alpha value is -0.650. The van der Waals surface area contributed by atoms with E-state index in [1.54, 1.807) is 0 Å². The van der Waals surface area contributed by atoms with Crippen LogP contribution in [0.4, 0.5) is 0 Å². The van der Waals surface area contributed by atoms with Gasteiger partial charge in [0, 0.05) is 58.3 Å². The maximum Gasteiger partial charge on any atom is 0.225 e. The first-order chi connectivity index (χ1) is 15.5. The number of hydrogen-bond acceptors (Lipinski definition) is 4. The summed E-state index contributed by atoms with van der Waals surface area (Å²) in [4.78, 5) is 20.0. The van der Waals surface area contributed by atoms with Crippen LogP contribution in [-0.4, -0.2) is 85.7 Å². The minimum Gasteiger partial charge on any atom is -0.377 e. The predicted molar refractivity (Wildman–Crippen MR) is 135 cm³/mol. The molecule has 5 nitrogen and oxygen atoms in total. The second-order valence-electron chi connectivity index (χ2n) is 10.4. The number of hydrogen-bond donors (Lipinski definition) is 0. The van der Waals surface area contributed by atoms with Gasteiger partial charge in [-0.15, -0.1) is 0 Å². The molecule has 1 amide bonds. The lowest BCUT2D eigenvalue weighted by Crippen LogP contribution is -2.51. The molecule has 0 bridgehead atoms. The van der Waals surface area contributed by atoms with E-state index in [1.165, 1.54) is 64.8 Å². The molecule has 2 fully saturated rings. The van der Waals surface area contributed by atoms with Crippen LogP contribution in [-0.2, 0) is 9.53 Å². The molecular formula is C27H53N3O2. The number of amides is 1. The van der Waals surface area contributed by atoms with E-state index in [9.17, 15) is 4.79 Å². The summed E-state index contributed by atoms with van der Waals surface area (Å²) in [7, 11) is 1.99. The first kappa shape index (κ1) is 27.6. The summed E-state index contributed by atoms with van der Waals surface area (Å²) in [5.41, 5.74) is 0. The number of nitrogens with zero attached hydrogens (tertiary/aromatic N) is 3. The number of ether oxygens (including phenoxy) is 1. The molecule has 1 aliphatic carbocycles. The maximum absolute atomic E-state index is 12.7. The number of unbranched alkanes of at least 4 members (excludes halogenated alkanes) is 1. The van der Waals surface area contributed by atoms with Crippen molar-refractivity contribution in [2.24, 2.45) is 11.8 Å². The summed E-state index contributed by atoms with van der Waals surface area (Å²) in [6.45, 7) is 16.9. The van der Waals surface area contributed by atoms with Crippen LogP contribution in [0.1, 0.15) is 91.9 Å². The molecule has 5 heteroatoms. The summed E-state index contributed by atoms with van der Waals surface area (Å²) >= 11 is 0. The fraction of sp³-hybridized carbons (Fsp3) is 0.963. The van der Waals surface area contributed by atoms with Crippen molar-refractivity contribution in [3.8, 4) is 0 Å². The molecular weight excluding hydrogens is 398 g/mol. The highest BCUT2D eigenvalue weighted by atomic mass is 16.5. The number of carbonyl (C=O) groups excluding carboxylic acids is 1. The van der Waals surface area contributed by atoms with E-state index in [4.69, 9.17) is 4.74 Å². The topological polar surface area (TPSA) is 36.0 Å². The summed E-state index contributed by atoms with van der Waals surface area (Å²) in [6.07, 6.45) is 12.2. The number of carbonyl (C=O) groups is 1. The van der Waals surface area contributed by atoms with E-state index in [1.807, 2.05) is 11.9 Å². The van der Waals surface area contributed by atoms with Crippen molar-refractivity contribution in [1.29, 1.82) is 0 Å². The monoisotopic (exact) mass is 451 g/mol. The average molecular weight is 452 g/mol. The molecule has 2 unspecified atom stereocenters. The van der Waals surface area contributed by atoms with Crippen molar-refractivity contribution in [3.05, 3.63) is 0 Å². The van der Waals surface area contributed by atoms with Crippen LogP contribution in [0.2, 0.25) is 0 Å². The van der Waals surface area contributed by atoms with Gasteiger partial charge in [0.2, 0.25) is 5.91 Å². The van der Waals surface area contributed by atoms with Gasteiger partial charge in [-0.2, -0.15) is 0 Å². The molecule has 2 rings (SSSR count). The van der Waals surface area contributed by atoms with Crippen molar-refractivity contribution < 1.29 is 9.53 Å². The normalized spacial score (nSPS) is 24.2. The Morgan fingerprint density at radius 1 is 0.938 bits per heavy atom. The van der Waals surface area contributed by atoms with E-state index in [2.05, 4.69) is 37.5 Å². The fourth-order valence-electron chi connectivity index (χ4n) is 5.45. The first-order valence-electron chi connectivity index (χ1n) is 13.8. The highest BCUT2D eigenvalue weighted by Crippen LogP contribution is 2.29. The van der Waals surface area contributed by atoms with Gasteiger partial charge in [-0.1, -0.05) is 53.4 Å². The molecule has 2 atom stereocenters. The third-order valence-electron chi connectivity index (χ3n) is 7.85. The second-order valence-corrected chi connectivity index (χ2v) is 10.4. The zero-order valence-corrected chi connectivity index (χ0v) is 22.0. The lowest BCUT2D eigenvalue weighted by molar-refractivity contribution is -0.142. The van der Waals surface area contributed by atoms with Gasteiger partial charge in [-0.3, -0.25) is 9.69 Å². The highest BCUT2D eigenvalue weighted by Gasteiger charge is 2.36. The standard InChI is InChI=1S/C27H53N3O2/c1-6-10-13-23(11-7-2)22-30-16-14-29(15-17-30)18-19-32-26-20-25(21-26)28(5)27(31)24(9-4)12-8-3/h23-26H,6-22H2,1-5H3. The molecule has 0 radical (unpaired) electrons. The van der Waals surface area contributed by atoms with Gasteiger partial charge in [0.15, 0.2) is 0 Å². The maximum atomic E-state index is 12.7. The molecule has 188 valence electrons. The van der Waals surface area contributed by atoms with Crippen LogP contribution in [0.25, 0.3) is 0 Å². The molecule has 1 saturated carbocycles. The van der Waals surface area contributed by atoms with E-state index in [0.29, 0.717) is 18.1 Å². The van der Waals surface area contributed by atoms with Crippen LogP contribution < -0.4 is 0 Å². The lowest BCUT2D eigenvalue weighted by Gasteiger charge is -2.42. The summed E-state index contributed by atoms with van der Waals surface area (Å²) in [5.74, 6) is 1.43. The summed E-state index contributed by atoms with van der Waals surface area (Å²) in [5, 5.41) is 0. The van der Waals surface area contributed by atoms with Crippen molar-refractivity contribution in [1.82, 2.24) is 14.7 Å². The predicted octanol–water partition coefficient (Wildman–Crippen LogP) is 5.04. The van der Waals surface area contributed by atoms with Crippen molar-refractivity contribution in [2.45, 2.75) is 104 Å². The van der Waals surface area contributed by atoms with Gasteiger partial charge in [-0.25, -0.2) is 0 Å². The molecule has 0 spiro atoms. The zero-order valence-electron chi connectivity index (χ0n) is 22.0. The van der Waals surface area contributed by atoms with Crippen molar-refractivity contribution in [3.63, 3.8) is 0 Å². The van der Waals surface area contributed by atoms with E-state index < -0.39 is 0 Å². The second kappa shape index (κ2) is 15.3. The molecule has 2 aliphatic rings. The molecule has 1 saturated heterocycles. The zero-order chi connectivity index (χ0) is 23.3. The quantitative estimate of drug-likeness (QED) is 0.329. The smallest absolute Gasteiger partial charge is 0.225 e. The van der Waals surface area contributed by atoms with Gasteiger partial charge in [0.1, 0.15) is 0 Å². The van der Waals surface area contributed by atoms with Crippen LogP contribution in [0.5, 0.6) is 0 Å². The summed E-state index contributed by atoms with van der Waals surface area (Å²) < 4.78 is 6.15. The minimum absolute atomic E-state index is 0.201. The van der Waals surface area contributed by atoms with Gasteiger partial charge in [-0.05, 0) is 44.4 Å². The van der Waals surface area contributed by atoms with Crippen LogP contribution >= 0.6 is 0 Å². The highest BCUT2D eigenvalue weighted by molar-refractivity contribution is 5.79. The molecule has 1 aliphatic heterocycles. The largest absolute Gasteiger partial charge is 0.377 e. The van der Waals surface area contributed by atoms with E-state index in [-0.39, 0.29) is 5.92 Å². The first-order valence-corrected chi connectivity index (χ1v) is 13.8. The third kappa shape index (κ3) is 8.95. The minimum atomic E-state index is 0.201. The van der Waals surface area contributed by atoms with E-state index in [0.717, 1.165) is 51.2 Å².